The average molecular weight is 412 g/mol. The van der Waals surface area contributed by atoms with E-state index in [0.29, 0.717) is 11.3 Å². The number of benzene rings is 1. The average Bonchev–Trinajstić information content (AvgIpc) is 3.05. The molecule has 1 aliphatic heterocycles. The maximum atomic E-state index is 14.0. The van der Waals surface area contributed by atoms with Gasteiger partial charge < -0.3 is 20.1 Å². The minimum Gasteiger partial charge on any atom is -0.480 e. The lowest BCUT2D eigenvalue weighted by molar-refractivity contribution is -0.147. The lowest BCUT2D eigenvalue weighted by Crippen LogP contribution is -2.46. The van der Waals surface area contributed by atoms with Gasteiger partial charge in [-0.1, -0.05) is 18.2 Å². The molecule has 7 nitrogen and oxygen atoms in total. The van der Waals surface area contributed by atoms with Crippen molar-refractivity contribution in [3.63, 3.8) is 0 Å². The number of rotatable bonds is 6. The molecule has 0 saturated carbocycles. The molecule has 0 unspecified atom stereocenters. The van der Waals surface area contributed by atoms with Crippen molar-refractivity contribution in [2.45, 2.75) is 51.3 Å². The molecule has 0 spiro atoms. The summed E-state index contributed by atoms with van der Waals surface area (Å²) in [5.74, 6) is -1.32. The number of hydrogen-bond acceptors (Lipinski definition) is 5. The molecule has 1 saturated heterocycles. The number of amides is 2. The molecule has 2 atom stereocenters. The summed E-state index contributed by atoms with van der Waals surface area (Å²) in [6, 6.07) is 4.48. The first-order chi connectivity index (χ1) is 13.1. The number of nitrogens with one attached hydrogen (secondary N) is 1. The Kier molecular flexibility index (Phi) is 7.29. The standard InChI is InChI=1S/C19H25FN2O5S/c1-19(2,3)27-18(26)21-13(8-12-6-4-5-7-14(12)20)9-16(23)22-11-28-10-15(22)17(24)25/h4-7,13,15H,8-11H2,1-3H3,(H,21,26)(H,24,25)/t13-,15+/m1/s1. The molecule has 0 radical (unpaired) electrons. The van der Waals surface area contributed by atoms with Crippen molar-refractivity contribution in [3.8, 4) is 0 Å². The highest BCUT2D eigenvalue weighted by Gasteiger charge is 2.35. The first-order valence-electron chi connectivity index (χ1n) is 8.90. The van der Waals surface area contributed by atoms with Crippen molar-refractivity contribution in [2.24, 2.45) is 0 Å². The molecule has 9 heteroatoms. The van der Waals surface area contributed by atoms with Gasteiger partial charge in [-0.2, -0.15) is 0 Å². The molecule has 1 aromatic rings. The Bertz CT molecular complexity index is 737. The van der Waals surface area contributed by atoms with E-state index in [0.717, 1.165) is 0 Å². The zero-order valence-electron chi connectivity index (χ0n) is 16.1. The Balaban J connectivity index is 2.13. The van der Waals surface area contributed by atoms with Crippen LogP contribution in [0, 0.1) is 5.82 Å². The van der Waals surface area contributed by atoms with E-state index in [-0.39, 0.29) is 18.7 Å². The minimum absolute atomic E-state index is 0.0797. The van der Waals surface area contributed by atoms with Crippen LogP contribution in [0.1, 0.15) is 32.8 Å². The lowest BCUT2D eigenvalue weighted by Gasteiger charge is -2.26. The smallest absolute Gasteiger partial charge is 0.407 e. The maximum absolute atomic E-state index is 14.0. The number of carboxylic acid groups (broad SMARTS) is 1. The van der Waals surface area contributed by atoms with Crippen molar-refractivity contribution < 1.29 is 28.6 Å². The third-order valence-electron chi connectivity index (χ3n) is 4.05. The zero-order valence-corrected chi connectivity index (χ0v) is 16.9. The molecule has 1 aromatic carbocycles. The monoisotopic (exact) mass is 412 g/mol. The van der Waals surface area contributed by atoms with Crippen LogP contribution >= 0.6 is 11.8 Å². The van der Waals surface area contributed by atoms with Gasteiger partial charge in [0.1, 0.15) is 17.5 Å². The van der Waals surface area contributed by atoms with Crippen LogP contribution in [0.15, 0.2) is 24.3 Å². The molecule has 1 heterocycles. The molecule has 154 valence electrons. The number of aliphatic carboxylic acids is 1. The summed E-state index contributed by atoms with van der Waals surface area (Å²) in [5.41, 5.74) is -0.377. The summed E-state index contributed by atoms with van der Waals surface area (Å²) in [6.07, 6.45) is -0.791. The second kappa shape index (κ2) is 9.27. The molecule has 0 aliphatic carbocycles. The van der Waals surface area contributed by atoms with E-state index in [9.17, 15) is 23.9 Å². The number of hydrogen-bond donors (Lipinski definition) is 2. The second-order valence-corrected chi connectivity index (χ2v) is 8.56. The fourth-order valence-electron chi connectivity index (χ4n) is 2.80. The van der Waals surface area contributed by atoms with Gasteiger partial charge in [-0.25, -0.2) is 14.0 Å². The van der Waals surface area contributed by atoms with Crippen LogP contribution in [0.2, 0.25) is 0 Å². The highest BCUT2D eigenvalue weighted by molar-refractivity contribution is 7.99. The Labute approximate surface area is 167 Å². The van der Waals surface area contributed by atoms with Crippen molar-refractivity contribution >= 4 is 29.7 Å². The van der Waals surface area contributed by atoms with Gasteiger partial charge in [0, 0.05) is 18.2 Å². The normalized spacial score (nSPS) is 17.9. The van der Waals surface area contributed by atoms with Gasteiger partial charge in [-0.05, 0) is 38.8 Å². The van der Waals surface area contributed by atoms with E-state index in [1.807, 2.05) is 0 Å². The summed E-state index contributed by atoms with van der Waals surface area (Å²) < 4.78 is 19.3. The van der Waals surface area contributed by atoms with Crippen LogP contribution in [-0.2, 0) is 20.7 Å². The highest BCUT2D eigenvalue weighted by atomic mass is 32.2. The molecule has 2 rings (SSSR count). The third kappa shape index (κ3) is 6.40. The molecule has 1 fully saturated rings. The Morgan fingerprint density at radius 3 is 2.64 bits per heavy atom. The molecule has 2 N–H and O–H groups in total. The first kappa shape index (κ1) is 22.0. The van der Waals surface area contributed by atoms with Crippen molar-refractivity contribution in [1.82, 2.24) is 10.2 Å². The Morgan fingerprint density at radius 1 is 1.36 bits per heavy atom. The molecule has 0 aromatic heterocycles. The lowest BCUT2D eigenvalue weighted by atomic mass is 10.0. The van der Waals surface area contributed by atoms with Crippen LogP contribution in [-0.4, -0.2) is 57.3 Å². The molecule has 28 heavy (non-hydrogen) atoms. The van der Waals surface area contributed by atoms with Crippen LogP contribution in [0.25, 0.3) is 0 Å². The number of nitrogens with zero attached hydrogens (tertiary/aromatic N) is 1. The van der Waals surface area contributed by atoms with Crippen molar-refractivity contribution in [2.75, 3.05) is 11.6 Å². The highest BCUT2D eigenvalue weighted by Crippen LogP contribution is 2.23. The number of ether oxygens (including phenoxy) is 1. The summed E-state index contributed by atoms with van der Waals surface area (Å²) in [4.78, 5) is 37.4. The Hall–Kier alpha value is -2.29. The maximum Gasteiger partial charge on any atom is 0.407 e. The summed E-state index contributed by atoms with van der Waals surface area (Å²) in [5, 5.41) is 11.9. The molecular formula is C19H25FN2O5S. The second-order valence-electron chi connectivity index (χ2n) is 7.56. The zero-order chi connectivity index (χ0) is 20.9. The summed E-state index contributed by atoms with van der Waals surface area (Å²) >= 11 is 1.35. The number of carbonyl (C=O) groups excluding carboxylic acids is 2. The number of carbonyl (C=O) groups is 3. The predicted molar refractivity (Wildman–Crippen MR) is 103 cm³/mol. The van der Waals surface area contributed by atoms with E-state index < -0.39 is 41.5 Å². The van der Waals surface area contributed by atoms with Gasteiger partial charge in [0.25, 0.3) is 0 Å². The number of alkyl carbamates (subject to hydrolysis) is 1. The van der Waals surface area contributed by atoms with E-state index in [1.54, 1.807) is 39.0 Å². The molecule has 2 amide bonds. The topological polar surface area (TPSA) is 95.9 Å². The summed E-state index contributed by atoms with van der Waals surface area (Å²) in [6.45, 7) is 5.13. The van der Waals surface area contributed by atoms with Crippen LogP contribution in [0.4, 0.5) is 9.18 Å². The van der Waals surface area contributed by atoms with Crippen LogP contribution in [0.3, 0.4) is 0 Å². The van der Waals surface area contributed by atoms with Gasteiger partial charge in [0.15, 0.2) is 0 Å². The fraction of sp³-hybridized carbons (Fsp3) is 0.526. The molecular weight excluding hydrogens is 387 g/mol. The molecule has 0 bridgehead atoms. The van der Waals surface area contributed by atoms with Crippen molar-refractivity contribution in [1.29, 1.82) is 0 Å². The number of thioether (sulfide) groups is 1. The van der Waals surface area contributed by atoms with E-state index in [1.165, 1.54) is 22.7 Å². The summed E-state index contributed by atoms with van der Waals surface area (Å²) in [7, 11) is 0. The SMILES string of the molecule is CC(C)(C)OC(=O)N[C@@H](CC(=O)N1CSC[C@H]1C(=O)O)Cc1ccccc1F. The largest absolute Gasteiger partial charge is 0.480 e. The fourth-order valence-corrected chi connectivity index (χ4v) is 3.97. The van der Waals surface area contributed by atoms with Crippen LogP contribution < -0.4 is 5.32 Å². The number of halogens is 1. The molecule has 1 aliphatic rings. The van der Waals surface area contributed by atoms with Gasteiger partial charge in [-0.3, -0.25) is 4.79 Å². The third-order valence-corrected chi connectivity index (χ3v) is 5.07. The van der Waals surface area contributed by atoms with Crippen LogP contribution in [0.5, 0.6) is 0 Å². The first-order valence-corrected chi connectivity index (χ1v) is 10.0. The number of carboxylic acids is 1. The van der Waals surface area contributed by atoms with E-state index in [4.69, 9.17) is 4.74 Å². The Morgan fingerprint density at radius 2 is 2.04 bits per heavy atom. The van der Waals surface area contributed by atoms with E-state index >= 15 is 0 Å². The van der Waals surface area contributed by atoms with Gasteiger partial charge in [0.05, 0.1) is 5.88 Å². The minimum atomic E-state index is -1.07. The quantitative estimate of drug-likeness (QED) is 0.746. The predicted octanol–water partition coefficient (Wildman–Crippen LogP) is 2.64. The van der Waals surface area contributed by atoms with Crippen molar-refractivity contribution in [3.05, 3.63) is 35.6 Å². The van der Waals surface area contributed by atoms with E-state index in [2.05, 4.69) is 5.32 Å². The van der Waals surface area contributed by atoms with Gasteiger partial charge in [-0.15, -0.1) is 11.8 Å². The van der Waals surface area contributed by atoms with Gasteiger partial charge >= 0.3 is 12.1 Å². The van der Waals surface area contributed by atoms with Gasteiger partial charge in [0.2, 0.25) is 5.91 Å².